The highest BCUT2D eigenvalue weighted by molar-refractivity contribution is 6.27. The van der Waals surface area contributed by atoms with Crippen LogP contribution in [0.5, 0.6) is 5.75 Å². The van der Waals surface area contributed by atoms with E-state index in [0.29, 0.717) is 13.1 Å². The van der Waals surface area contributed by atoms with Crippen molar-refractivity contribution >= 4 is 34.9 Å². The van der Waals surface area contributed by atoms with E-state index in [0.717, 1.165) is 18.9 Å². The molecule has 1 aromatic rings. The van der Waals surface area contributed by atoms with Crippen molar-refractivity contribution in [1.29, 1.82) is 0 Å². The van der Waals surface area contributed by atoms with Gasteiger partial charge in [0.05, 0.1) is 23.8 Å². The molecule has 0 spiro atoms. The predicted octanol–water partition coefficient (Wildman–Crippen LogP) is -1.22. The molecule has 0 aromatic heterocycles. The van der Waals surface area contributed by atoms with Gasteiger partial charge in [-0.05, 0) is 52.9 Å². The van der Waals surface area contributed by atoms with E-state index < -0.39 is 105 Å². The van der Waals surface area contributed by atoms with Crippen LogP contribution in [0.3, 0.4) is 0 Å². The summed E-state index contributed by atoms with van der Waals surface area (Å²) in [6, 6.07) is -0.523. The molecule has 4 aliphatic rings. The van der Waals surface area contributed by atoms with E-state index in [2.05, 4.69) is 5.32 Å². The van der Waals surface area contributed by atoms with Crippen LogP contribution in [0.4, 0.5) is 10.1 Å². The maximum Gasteiger partial charge on any atom is 0.255 e. The molecule has 3 aliphatic carbocycles. The lowest BCUT2D eigenvalue weighted by molar-refractivity contribution is -0.182. The van der Waals surface area contributed by atoms with Crippen LogP contribution in [-0.4, -0.2) is 110 Å². The lowest BCUT2D eigenvalue weighted by Crippen LogP contribution is -2.74. The van der Waals surface area contributed by atoms with E-state index >= 15 is 4.39 Å². The minimum Gasteiger partial charge on any atom is -0.508 e. The summed E-state index contributed by atoms with van der Waals surface area (Å²) in [6.07, 6.45) is 0.940. The van der Waals surface area contributed by atoms with Gasteiger partial charge in [-0.3, -0.25) is 33.8 Å². The van der Waals surface area contributed by atoms with Crippen molar-refractivity contribution in [3.8, 4) is 5.75 Å². The number of aliphatic hydroxyl groups excluding tert-OH is 1. The highest BCUT2D eigenvalue weighted by atomic mass is 19.1. The summed E-state index contributed by atoms with van der Waals surface area (Å²) in [5.74, 6) is -12.1. The number of anilines is 1. The lowest BCUT2D eigenvalue weighted by Gasteiger charge is -2.54. The number of nitrogens with one attached hydrogen (secondary N) is 1. The number of phenolic OH excluding ortho intramolecular Hbond substituents is 1. The molecule has 1 aliphatic heterocycles. The van der Waals surface area contributed by atoms with Crippen molar-refractivity contribution in [2.75, 3.05) is 39.0 Å². The number of aliphatic hydroxyl groups is 3. The van der Waals surface area contributed by atoms with E-state index in [1.54, 1.807) is 0 Å². The minimum atomic E-state index is -3.09. The molecule has 41 heavy (non-hydrogen) atoms. The molecule has 14 heteroatoms. The Morgan fingerprint density at radius 2 is 1.78 bits per heavy atom. The van der Waals surface area contributed by atoms with Gasteiger partial charge in [0.1, 0.15) is 17.1 Å². The van der Waals surface area contributed by atoms with Crippen molar-refractivity contribution in [3.63, 3.8) is 0 Å². The zero-order valence-corrected chi connectivity index (χ0v) is 22.4. The van der Waals surface area contributed by atoms with Gasteiger partial charge >= 0.3 is 0 Å². The van der Waals surface area contributed by atoms with E-state index in [1.807, 2.05) is 4.90 Å². The van der Waals surface area contributed by atoms with Crippen molar-refractivity contribution < 1.29 is 48.8 Å². The molecule has 2 fully saturated rings. The summed E-state index contributed by atoms with van der Waals surface area (Å²) in [5, 5.41) is 47.5. The van der Waals surface area contributed by atoms with Crippen LogP contribution < -0.4 is 11.1 Å². The average molecular weight is 575 g/mol. The van der Waals surface area contributed by atoms with Crippen LogP contribution in [-0.2, 0) is 25.6 Å². The number of nitrogens with zero attached hydrogens (tertiary/aromatic N) is 2. The van der Waals surface area contributed by atoms with Gasteiger partial charge in [-0.25, -0.2) is 4.39 Å². The van der Waals surface area contributed by atoms with Gasteiger partial charge in [0.25, 0.3) is 5.91 Å². The standard InChI is InChI=1S/C27H31FN4O9/c1-31(2)19-13-8-11-7-12-14(28)9-15(30-16(33)10-32-5-3-4-6-32)20(34)17(12)22(36)26(11,40)25(39)27(13,41)23(37)18(21(19)35)24(29)38/h9,11,13,19,34,37,40-41H,3-8,10H2,1-2H3,(H2,29,38)(H,30,33)/t11-,13-,19-,26-,27+/m0/s1. The monoisotopic (exact) mass is 574 g/mol. The summed E-state index contributed by atoms with van der Waals surface area (Å²) >= 11 is 0. The Hall–Kier alpha value is -3.72. The summed E-state index contributed by atoms with van der Waals surface area (Å²) in [6.45, 7) is 1.34. The third-order valence-electron chi connectivity index (χ3n) is 8.87. The molecule has 1 saturated heterocycles. The molecule has 1 aromatic carbocycles. The van der Waals surface area contributed by atoms with Gasteiger partial charge in [0, 0.05) is 23.5 Å². The van der Waals surface area contributed by atoms with Crippen molar-refractivity contribution in [2.24, 2.45) is 17.6 Å². The molecule has 0 radical (unpaired) electrons. The number of amides is 2. The Morgan fingerprint density at radius 1 is 1.15 bits per heavy atom. The second-order valence-electron chi connectivity index (χ2n) is 11.4. The third kappa shape index (κ3) is 4.00. The van der Waals surface area contributed by atoms with E-state index in [4.69, 9.17) is 5.73 Å². The Labute approximate surface area is 233 Å². The first-order valence-corrected chi connectivity index (χ1v) is 13.2. The van der Waals surface area contributed by atoms with Crippen LogP contribution in [0.1, 0.15) is 35.2 Å². The first-order valence-electron chi connectivity index (χ1n) is 13.2. The van der Waals surface area contributed by atoms with E-state index in [-0.39, 0.29) is 12.1 Å². The van der Waals surface area contributed by atoms with Gasteiger partial charge in [0.2, 0.25) is 17.5 Å². The van der Waals surface area contributed by atoms with Crippen LogP contribution in [0.2, 0.25) is 0 Å². The Bertz CT molecular complexity index is 1440. The first kappa shape index (κ1) is 28.8. The number of fused-ring (bicyclic) bond motifs is 3. The van der Waals surface area contributed by atoms with Gasteiger partial charge in [-0.15, -0.1) is 0 Å². The number of nitrogens with two attached hydrogens (primary N) is 1. The fourth-order valence-electron chi connectivity index (χ4n) is 6.91. The third-order valence-corrected chi connectivity index (χ3v) is 8.87. The minimum absolute atomic E-state index is 0.0371. The number of benzene rings is 1. The molecule has 7 N–H and O–H groups in total. The SMILES string of the molecule is CN(C)[C@@H]1C(=O)C(C(N)=O)=C(O)[C@@]2(O)C(=O)[C@@]3(O)C(=O)c4c(O)c(NC(=O)CN5CCCC5)cc(F)c4C[C@H]3C[C@@H]12. The van der Waals surface area contributed by atoms with Gasteiger partial charge < -0.3 is 31.5 Å². The molecule has 13 nitrogen and oxygen atoms in total. The predicted molar refractivity (Wildman–Crippen MR) is 138 cm³/mol. The highest BCUT2D eigenvalue weighted by Gasteiger charge is 2.72. The Balaban J connectivity index is 1.59. The molecule has 2 amide bonds. The Morgan fingerprint density at radius 3 is 2.37 bits per heavy atom. The molecule has 1 heterocycles. The molecule has 5 atom stereocenters. The fourth-order valence-corrected chi connectivity index (χ4v) is 6.91. The zero-order chi connectivity index (χ0) is 30.2. The molecular formula is C27H31FN4O9. The number of rotatable bonds is 5. The largest absolute Gasteiger partial charge is 0.508 e. The number of halogens is 1. The summed E-state index contributed by atoms with van der Waals surface area (Å²) in [5.41, 5.74) is -3.47. The molecule has 5 rings (SSSR count). The second-order valence-corrected chi connectivity index (χ2v) is 11.4. The number of Topliss-reactive ketones (excluding diaryl/α,β-unsaturated/α-hetero) is 3. The van der Waals surface area contributed by atoms with Gasteiger partial charge in [-0.2, -0.15) is 0 Å². The first-order chi connectivity index (χ1) is 19.1. The van der Waals surface area contributed by atoms with Gasteiger partial charge in [-0.1, -0.05) is 0 Å². The molecule has 220 valence electrons. The van der Waals surface area contributed by atoms with Crippen LogP contribution in [0, 0.1) is 17.7 Å². The average Bonchev–Trinajstić information content (AvgIpc) is 3.39. The number of ketones is 3. The zero-order valence-electron chi connectivity index (χ0n) is 22.4. The van der Waals surface area contributed by atoms with Crippen molar-refractivity contribution in [2.45, 2.75) is 42.9 Å². The topological polar surface area (TPSA) is 211 Å². The highest BCUT2D eigenvalue weighted by Crippen LogP contribution is 2.54. The number of hydrogen-bond donors (Lipinski definition) is 6. The number of primary amides is 1. The van der Waals surface area contributed by atoms with Crippen molar-refractivity contribution in [1.82, 2.24) is 9.80 Å². The second kappa shape index (κ2) is 9.69. The van der Waals surface area contributed by atoms with Crippen LogP contribution >= 0.6 is 0 Å². The number of aromatic hydroxyl groups is 1. The fraction of sp³-hybridized carbons (Fsp3) is 0.519. The maximum absolute atomic E-state index is 15.4. The van der Waals surface area contributed by atoms with Crippen LogP contribution in [0.15, 0.2) is 17.4 Å². The smallest absolute Gasteiger partial charge is 0.255 e. The molecule has 0 unspecified atom stereocenters. The summed E-state index contributed by atoms with van der Waals surface area (Å²) in [7, 11) is 2.85. The quantitative estimate of drug-likeness (QED) is 0.139. The number of likely N-dealkylation sites (N-methyl/N-ethyl adjacent to an activating group) is 1. The number of likely N-dealkylation sites (tertiary alicyclic amines) is 1. The summed E-state index contributed by atoms with van der Waals surface area (Å²) < 4.78 is 15.4. The van der Waals surface area contributed by atoms with E-state index in [1.165, 1.54) is 19.0 Å². The number of carbonyl (C=O) groups excluding carboxylic acids is 5. The van der Waals surface area contributed by atoms with Gasteiger partial charge in [0.15, 0.2) is 22.7 Å². The number of hydrogen-bond acceptors (Lipinski definition) is 11. The number of phenols is 1. The summed E-state index contributed by atoms with van der Waals surface area (Å²) in [4.78, 5) is 68.6. The van der Waals surface area contributed by atoms with Crippen LogP contribution in [0.25, 0.3) is 0 Å². The number of carbonyl (C=O) groups is 5. The van der Waals surface area contributed by atoms with E-state index in [9.17, 15) is 44.4 Å². The lowest BCUT2D eigenvalue weighted by atomic mass is 9.52. The molecular weight excluding hydrogens is 543 g/mol. The molecule has 1 saturated carbocycles. The maximum atomic E-state index is 15.4. The normalized spacial score (nSPS) is 31.7. The Kier molecular flexibility index (Phi) is 6.80. The molecule has 0 bridgehead atoms. The van der Waals surface area contributed by atoms with Crippen molar-refractivity contribution in [3.05, 3.63) is 34.3 Å².